The van der Waals surface area contributed by atoms with Gasteiger partial charge >= 0.3 is 0 Å². The molecule has 3 heteroatoms. The molecule has 0 bridgehead atoms. The molecule has 1 amide bonds. The van der Waals surface area contributed by atoms with Crippen LogP contribution in [0, 0.1) is 11.8 Å². The van der Waals surface area contributed by atoms with Crippen molar-refractivity contribution < 1.29 is 4.79 Å². The average molecular weight is 226 g/mol. The summed E-state index contributed by atoms with van der Waals surface area (Å²) < 4.78 is 0. The van der Waals surface area contributed by atoms with Crippen molar-refractivity contribution in [1.82, 2.24) is 10.2 Å². The first-order valence-electron chi connectivity index (χ1n) is 6.54. The molecule has 0 aromatic rings. The normalized spacial score (nSPS) is 19.4. The highest BCUT2D eigenvalue weighted by Crippen LogP contribution is 2.17. The summed E-state index contributed by atoms with van der Waals surface area (Å²) >= 11 is 0. The molecule has 1 saturated heterocycles. The Labute approximate surface area is 99.6 Å². The second-order valence-electron chi connectivity index (χ2n) is 5.45. The van der Waals surface area contributed by atoms with Gasteiger partial charge < -0.3 is 5.32 Å². The van der Waals surface area contributed by atoms with Crippen LogP contribution in [0.4, 0.5) is 0 Å². The molecule has 1 unspecified atom stereocenters. The minimum atomic E-state index is 0.0893. The lowest BCUT2D eigenvalue weighted by molar-refractivity contribution is -0.124. The van der Waals surface area contributed by atoms with E-state index in [1.165, 1.54) is 25.9 Å². The van der Waals surface area contributed by atoms with Crippen molar-refractivity contribution in [3.8, 4) is 0 Å². The molecule has 0 spiro atoms. The summed E-state index contributed by atoms with van der Waals surface area (Å²) in [6, 6.07) is 0.505. The van der Waals surface area contributed by atoms with E-state index in [9.17, 15) is 4.79 Å². The van der Waals surface area contributed by atoms with Crippen LogP contribution in [-0.4, -0.2) is 36.5 Å². The van der Waals surface area contributed by atoms with Gasteiger partial charge in [0.2, 0.25) is 5.91 Å². The molecule has 0 saturated carbocycles. The van der Waals surface area contributed by atoms with E-state index in [4.69, 9.17) is 0 Å². The van der Waals surface area contributed by atoms with Gasteiger partial charge in [0.05, 0.1) is 0 Å². The highest BCUT2D eigenvalue weighted by atomic mass is 16.1. The Bertz CT molecular complexity index is 220. The summed E-state index contributed by atoms with van der Waals surface area (Å²) in [5.74, 6) is 0.863. The van der Waals surface area contributed by atoms with Crippen LogP contribution in [0.25, 0.3) is 0 Å². The topological polar surface area (TPSA) is 32.3 Å². The fourth-order valence-corrected chi connectivity index (χ4v) is 2.27. The maximum atomic E-state index is 11.6. The van der Waals surface area contributed by atoms with E-state index in [1.54, 1.807) is 0 Å². The Morgan fingerprint density at radius 2 is 1.75 bits per heavy atom. The van der Waals surface area contributed by atoms with Crippen molar-refractivity contribution in [3.05, 3.63) is 0 Å². The molecule has 1 aliphatic rings. The first-order chi connectivity index (χ1) is 7.52. The number of nitrogens with one attached hydrogen (secondary N) is 1. The maximum absolute atomic E-state index is 11.6. The number of hydrogen-bond acceptors (Lipinski definition) is 2. The zero-order valence-electron chi connectivity index (χ0n) is 11.1. The SMILES string of the molecule is CC(C)C(=O)NCC(C(C)C)N1CCCC1. The molecule has 1 rings (SSSR count). The maximum Gasteiger partial charge on any atom is 0.222 e. The highest BCUT2D eigenvalue weighted by molar-refractivity contribution is 5.77. The molecule has 1 fully saturated rings. The van der Waals surface area contributed by atoms with E-state index in [-0.39, 0.29) is 11.8 Å². The summed E-state index contributed by atoms with van der Waals surface area (Å²) in [7, 11) is 0. The number of likely N-dealkylation sites (tertiary alicyclic amines) is 1. The van der Waals surface area contributed by atoms with E-state index in [0.29, 0.717) is 12.0 Å². The molecule has 0 aliphatic carbocycles. The van der Waals surface area contributed by atoms with Crippen LogP contribution in [0.5, 0.6) is 0 Å². The molecule has 94 valence electrons. The van der Waals surface area contributed by atoms with Crippen LogP contribution in [0.2, 0.25) is 0 Å². The molecule has 1 N–H and O–H groups in total. The molecule has 1 aliphatic heterocycles. The lowest BCUT2D eigenvalue weighted by Gasteiger charge is -2.31. The highest BCUT2D eigenvalue weighted by Gasteiger charge is 2.24. The quantitative estimate of drug-likeness (QED) is 0.776. The number of carbonyl (C=O) groups is 1. The summed E-state index contributed by atoms with van der Waals surface area (Å²) in [6.07, 6.45) is 2.61. The van der Waals surface area contributed by atoms with Gasteiger partial charge in [-0.1, -0.05) is 27.7 Å². The van der Waals surface area contributed by atoms with Gasteiger partial charge in [0.1, 0.15) is 0 Å². The molecule has 1 atom stereocenters. The Morgan fingerprint density at radius 3 is 2.19 bits per heavy atom. The van der Waals surface area contributed by atoms with Gasteiger partial charge in [0.25, 0.3) is 0 Å². The van der Waals surface area contributed by atoms with Crippen molar-refractivity contribution in [1.29, 1.82) is 0 Å². The van der Waals surface area contributed by atoms with E-state index in [1.807, 2.05) is 13.8 Å². The Balaban J connectivity index is 2.42. The van der Waals surface area contributed by atoms with Crippen molar-refractivity contribution in [3.63, 3.8) is 0 Å². The number of rotatable bonds is 5. The monoisotopic (exact) mass is 226 g/mol. The summed E-state index contributed by atoms with van der Waals surface area (Å²) in [5.41, 5.74) is 0. The summed E-state index contributed by atoms with van der Waals surface area (Å²) in [6.45, 7) is 11.6. The van der Waals surface area contributed by atoms with Crippen LogP contribution in [0.15, 0.2) is 0 Å². The second kappa shape index (κ2) is 6.24. The molecular weight excluding hydrogens is 200 g/mol. The first kappa shape index (κ1) is 13.5. The predicted octanol–water partition coefficient (Wildman–Crippen LogP) is 1.88. The molecule has 1 heterocycles. The Morgan fingerprint density at radius 1 is 1.19 bits per heavy atom. The van der Waals surface area contributed by atoms with Crippen molar-refractivity contribution in [2.45, 2.75) is 46.6 Å². The molecule has 3 nitrogen and oxygen atoms in total. The van der Waals surface area contributed by atoms with Crippen LogP contribution in [-0.2, 0) is 4.79 Å². The smallest absolute Gasteiger partial charge is 0.222 e. The van der Waals surface area contributed by atoms with Gasteiger partial charge in [-0.25, -0.2) is 0 Å². The molecular formula is C13H26N2O. The molecule has 0 aromatic carbocycles. The number of nitrogens with zero attached hydrogens (tertiary/aromatic N) is 1. The third-order valence-corrected chi connectivity index (χ3v) is 3.39. The Kier molecular flexibility index (Phi) is 5.26. The standard InChI is InChI=1S/C13H26N2O/c1-10(2)12(15-7-5-6-8-15)9-14-13(16)11(3)4/h10-12H,5-9H2,1-4H3,(H,14,16). The fourth-order valence-electron chi connectivity index (χ4n) is 2.27. The third kappa shape index (κ3) is 3.78. The van der Waals surface area contributed by atoms with Gasteiger partial charge in [-0.3, -0.25) is 9.69 Å². The van der Waals surface area contributed by atoms with Gasteiger partial charge in [-0.2, -0.15) is 0 Å². The van der Waals surface area contributed by atoms with Gasteiger partial charge in [0.15, 0.2) is 0 Å². The zero-order valence-corrected chi connectivity index (χ0v) is 11.1. The van der Waals surface area contributed by atoms with Crippen molar-refractivity contribution >= 4 is 5.91 Å². The third-order valence-electron chi connectivity index (χ3n) is 3.39. The number of hydrogen-bond donors (Lipinski definition) is 1. The van der Waals surface area contributed by atoms with E-state index >= 15 is 0 Å². The van der Waals surface area contributed by atoms with Crippen LogP contribution >= 0.6 is 0 Å². The molecule has 0 aromatic heterocycles. The molecule has 0 radical (unpaired) electrons. The van der Waals surface area contributed by atoms with Crippen molar-refractivity contribution in [2.75, 3.05) is 19.6 Å². The summed E-state index contributed by atoms with van der Waals surface area (Å²) in [4.78, 5) is 14.1. The first-order valence-corrected chi connectivity index (χ1v) is 6.54. The summed E-state index contributed by atoms with van der Waals surface area (Å²) in [5, 5.41) is 3.06. The lowest BCUT2D eigenvalue weighted by Crippen LogP contribution is -2.46. The fraction of sp³-hybridized carbons (Fsp3) is 0.923. The van der Waals surface area contributed by atoms with Gasteiger partial charge in [0, 0.05) is 18.5 Å². The number of amides is 1. The largest absolute Gasteiger partial charge is 0.354 e. The minimum Gasteiger partial charge on any atom is -0.354 e. The zero-order chi connectivity index (χ0) is 12.1. The minimum absolute atomic E-state index is 0.0893. The Hall–Kier alpha value is -0.570. The average Bonchev–Trinajstić information content (AvgIpc) is 2.70. The van der Waals surface area contributed by atoms with E-state index in [2.05, 4.69) is 24.1 Å². The van der Waals surface area contributed by atoms with E-state index < -0.39 is 0 Å². The van der Waals surface area contributed by atoms with Crippen molar-refractivity contribution in [2.24, 2.45) is 11.8 Å². The number of carbonyl (C=O) groups excluding carboxylic acids is 1. The van der Waals surface area contributed by atoms with Gasteiger partial charge in [-0.05, 0) is 31.8 Å². The van der Waals surface area contributed by atoms with E-state index in [0.717, 1.165) is 6.54 Å². The predicted molar refractivity (Wildman–Crippen MR) is 67.3 cm³/mol. The lowest BCUT2D eigenvalue weighted by atomic mass is 10.0. The van der Waals surface area contributed by atoms with Gasteiger partial charge in [-0.15, -0.1) is 0 Å². The van der Waals surface area contributed by atoms with Crippen LogP contribution < -0.4 is 5.32 Å². The second-order valence-corrected chi connectivity index (χ2v) is 5.45. The van der Waals surface area contributed by atoms with Crippen LogP contribution in [0.1, 0.15) is 40.5 Å². The van der Waals surface area contributed by atoms with Crippen LogP contribution in [0.3, 0.4) is 0 Å². The molecule has 16 heavy (non-hydrogen) atoms.